The van der Waals surface area contributed by atoms with E-state index in [0.29, 0.717) is 12.8 Å². The van der Waals surface area contributed by atoms with Crippen LogP contribution in [0.25, 0.3) is 0 Å². The summed E-state index contributed by atoms with van der Waals surface area (Å²) in [6.45, 7) is 4.53. The molecule has 0 rings (SSSR count). The fraction of sp³-hybridized carbons (Fsp3) is 0.851. The van der Waals surface area contributed by atoms with E-state index < -0.39 is 40.0 Å². The van der Waals surface area contributed by atoms with Crippen LogP contribution in [0.5, 0.6) is 0 Å². The van der Waals surface area contributed by atoms with Gasteiger partial charge in [-0.05, 0) is 57.8 Å². The first kappa shape index (κ1) is 53.5. The summed E-state index contributed by atoms with van der Waals surface area (Å²) in [7, 11) is -4.46. The molecule has 0 aliphatic heterocycles. The van der Waals surface area contributed by atoms with Crippen molar-refractivity contribution in [2.45, 2.75) is 250 Å². The van der Waals surface area contributed by atoms with Gasteiger partial charge >= 0.3 is 0 Å². The largest absolute Gasteiger partial charge is 0.387 e. The Morgan fingerprint density at radius 1 is 0.491 bits per heavy atom. The van der Waals surface area contributed by atoms with Gasteiger partial charge in [-0.15, -0.1) is 0 Å². The zero-order valence-electron chi connectivity index (χ0n) is 35.9. The lowest BCUT2D eigenvalue weighted by Gasteiger charge is -2.22. The van der Waals surface area contributed by atoms with Crippen LogP contribution in [-0.4, -0.2) is 53.1 Å². The van der Waals surface area contributed by atoms with Gasteiger partial charge in [-0.2, -0.15) is 8.42 Å². The van der Waals surface area contributed by atoms with Gasteiger partial charge in [-0.3, -0.25) is 9.35 Å². The number of aliphatic hydroxyl groups is 2. The molecule has 0 saturated carbocycles. The third kappa shape index (κ3) is 40.5. The molecule has 0 aromatic carbocycles. The molecule has 3 unspecified atom stereocenters. The number of unbranched alkanes of at least 4 members (excludes halogenated alkanes) is 29. The van der Waals surface area contributed by atoms with E-state index in [1.165, 1.54) is 167 Å². The molecule has 0 radical (unpaired) electrons. The molecule has 8 heteroatoms. The average molecular weight is 796 g/mol. The predicted octanol–water partition coefficient (Wildman–Crippen LogP) is 13.1. The zero-order valence-corrected chi connectivity index (χ0v) is 36.7. The van der Waals surface area contributed by atoms with Crippen molar-refractivity contribution in [3.8, 4) is 0 Å². The van der Waals surface area contributed by atoms with Crippen molar-refractivity contribution in [1.29, 1.82) is 0 Å². The van der Waals surface area contributed by atoms with Gasteiger partial charge in [-0.1, -0.05) is 211 Å². The Morgan fingerprint density at radius 3 is 1.20 bits per heavy atom. The van der Waals surface area contributed by atoms with Gasteiger partial charge in [0.25, 0.3) is 10.1 Å². The highest BCUT2D eigenvalue weighted by atomic mass is 32.2. The summed E-state index contributed by atoms with van der Waals surface area (Å²) < 4.78 is 32.6. The lowest BCUT2D eigenvalue weighted by atomic mass is 10.0. The van der Waals surface area contributed by atoms with Crippen molar-refractivity contribution in [3.63, 3.8) is 0 Å². The molecule has 0 bridgehead atoms. The number of allylic oxidation sites excluding steroid dienone is 5. The van der Waals surface area contributed by atoms with Crippen LogP contribution in [0.4, 0.5) is 0 Å². The highest BCUT2D eigenvalue weighted by Crippen LogP contribution is 2.15. The molecule has 0 aromatic rings. The lowest BCUT2D eigenvalue weighted by Crippen LogP contribution is -2.50. The van der Waals surface area contributed by atoms with E-state index in [0.717, 1.165) is 38.5 Å². The lowest BCUT2D eigenvalue weighted by molar-refractivity contribution is -0.130. The molecule has 4 N–H and O–H groups in total. The maximum absolute atomic E-state index is 12.6. The number of rotatable bonds is 42. The number of carbonyl (C=O) groups excluding carboxylic acids is 1. The fourth-order valence-corrected chi connectivity index (χ4v) is 7.79. The Labute approximate surface area is 340 Å². The van der Waals surface area contributed by atoms with Crippen molar-refractivity contribution in [2.24, 2.45) is 0 Å². The van der Waals surface area contributed by atoms with Crippen molar-refractivity contribution >= 4 is 16.0 Å². The topological polar surface area (TPSA) is 124 Å². The third-order valence-corrected chi connectivity index (χ3v) is 11.4. The van der Waals surface area contributed by atoms with Crippen molar-refractivity contribution in [3.05, 3.63) is 36.5 Å². The number of hydrogen-bond donors (Lipinski definition) is 4. The Kier molecular flexibility index (Phi) is 39.6. The highest BCUT2D eigenvalue weighted by molar-refractivity contribution is 7.85. The molecule has 0 aliphatic rings. The normalized spacial score (nSPS) is 14.1. The number of hydrogen-bond acceptors (Lipinski definition) is 5. The molecule has 0 heterocycles. The van der Waals surface area contributed by atoms with Crippen LogP contribution in [0.1, 0.15) is 232 Å². The number of aliphatic hydroxyl groups excluding tert-OH is 2. The summed E-state index contributed by atoms with van der Waals surface area (Å²) >= 11 is 0. The second kappa shape index (κ2) is 40.7. The minimum absolute atomic E-state index is 0.268. The first-order chi connectivity index (χ1) is 26.7. The summed E-state index contributed by atoms with van der Waals surface area (Å²) in [5, 5.41) is 23.4. The van der Waals surface area contributed by atoms with E-state index in [9.17, 15) is 28.0 Å². The molecule has 0 fully saturated rings. The Hall–Kier alpha value is -1.48. The molecule has 7 nitrogen and oxygen atoms in total. The summed E-state index contributed by atoms with van der Waals surface area (Å²) in [4.78, 5) is 12.6. The second-order valence-electron chi connectivity index (χ2n) is 16.2. The van der Waals surface area contributed by atoms with Crippen LogP contribution >= 0.6 is 0 Å². The molecule has 0 aliphatic carbocycles. The van der Waals surface area contributed by atoms with Gasteiger partial charge in [0.1, 0.15) is 6.10 Å². The Bertz CT molecular complexity index is 1030. The molecule has 1 amide bonds. The van der Waals surface area contributed by atoms with Crippen molar-refractivity contribution < 1.29 is 28.0 Å². The molecule has 0 aromatic heterocycles. The van der Waals surface area contributed by atoms with Gasteiger partial charge in [0.15, 0.2) is 0 Å². The maximum Gasteiger partial charge on any atom is 0.267 e. The highest BCUT2D eigenvalue weighted by Gasteiger charge is 2.27. The van der Waals surface area contributed by atoms with Gasteiger partial charge in [0.05, 0.1) is 17.9 Å². The average Bonchev–Trinajstić information content (AvgIpc) is 3.15. The summed E-state index contributed by atoms with van der Waals surface area (Å²) in [5.41, 5.74) is 0. The maximum atomic E-state index is 12.6. The van der Waals surface area contributed by atoms with E-state index in [2.05, 4.69) is 43.5 Å². The molecule has 3 atom stereocenters. The molecular weight excluding hydrogens is 707 g/mol. The molecule has 0 spiro atoms. The SMILES string of the molecule is CCCCCCCCCCCCC/C=C\CCCCCCCCC(O)C(=O)NC(CS(=O)(=O)O)C(O)/C=C/CC/C=C/CCCCCCCCCCCCC. The van der Waals surface area contributed by atoms with Crippen LogP contribution in [0.2, 0.25) is 0 Å². The van der Waals surface area contributed by atoms with Crippen molar-refractivity contribution in [1.82, 2.24) is 5.32 Å². The smallest absolute Gasteiger partial charge is 0.267 e. The van der Waals surface area contributed by atoms with Gasteiger partial charge < -0.3 is 15.5 Å². The van der Waals surface area contributed by atoms with E-state index >= 15 is 0 Å². The van der Waals surface area contributed by atoms with E-state index in [-0.39, 0.29) is 6.42 Å². The van der Waals surface area contributed by atoms with E-state index in [4.69, 9.17) is 0 Å². The Balaban J connectivity index is 3.99. The Morgan fingerprint density at radius 2 is 0.818 bits per heavy atom. The van der Waals surface area contributed by atoms with Gasteiger partial charge in [0.2, 0.25) is 5.91 Å². The molecular formula is C47H89NO6S. The van der Waals surface area contributed by atoms with Crippen molar-refractivity contribution in [2.75, 3.05) is 5.75 Å². The van der Waals surface area contributed by atoms with Crippen LogP contribution in [-0.2, 0) is 14.9 Å². The third-order valence-electron chi connectivity index (χ3n) is 10.6. The minimum Gasteiger partial charge on any atom is -0.387 e. The van der Waals surface area contributed by atoms with Gasteiger partial charge in [0, 0.05) is 0 Å². The van der Waals surface area contributed by atoms with Gasteiger partial charge in [-0.25, -0.2) is 0 Å². The quantitative estimate of drug-likeness (QED) is 0.0277. The molecule has 324 valence electrons. The number of nitrogens with one attached hydrogen (secondary N) is 1. The zero-order chi connectivity index (χ0) is 40.5. The predicted molar refractivity (Wildman–Crippen MR) is 236 cm³/mol. The van der Waals surface area contributed by atoms with E-state index in [1.54, 1.807) is 6.08 Å². The molecule has 55 heavy (non-hydrogen) atoms. The standard InChI is InChI=1S/C47H89NO6S/c1-3-5-7-9-11-13-15-17-19-21-22-23-24-26-28-30-32-34-36-38-40-42-46(50)47(51)48-44(43-55(52,53)54)45(49)41-39-37-35-33-31-29-27-25-20-18-16-14-12-10-8-6-4-2/h24,26,31,33,39,41,44-46,49-50H,3-23,25,27-30,32,34-38,40,42-43H2,1-2H3,(H,48,51)(H,52,53,54)/b26-24-,33-31+,41-39+. The second-order valence-corrected chi connectivity index (χ2v) is 17.7. The van der Waals surface area contributed by atoms with E-state index in [1.807, 2.05) is 0 Å². The fourth-order valence-electron chi connectivity index (χ4n) is 7.06. The first-order valence-electron chi connectivity index (χ1n) is 23.3. The minimum atomic E-state index is -4.46. The van der Waals surface area contributed by atoms with Crippen LogP contribution in [0.3, 0.4) is 0 Å². The van der Waals surface area contributed by atoms with Crippen LogP contribution in [0.15, 0.2) is 36.5 Å². The number of carbonyl (C=O) groups is 1. The summed E-state index contributed by atoms with van der Waals surface area (Å²) in [6.07, 6.45) is 50.6. The van der Waals surface area contributed by atoms with Crippen LogP contribution < -0.4 is 5.32 Å². The number of amides is 1. The van der Waals surface area contributed by atoms with Crippen LogP contribution in [0, 0.1) is 0 Å². The monoisotopic (exact) mass is 796 g/mol. The summed E-state index contributed by atoms with van der Waals surface area (Å²) in [5.74, 6) is -1.56. The first-order valence-corrected chi connectivity index (χ1v) is 24.9. The molecule has 0 saturated heterocycles. The summed E-state index contributed by atoms with van der Waals surface area (Å²) in [6, 6.07) is -1.25.